The van der Waals surface area contributed by atoms with Crippen molar-refractivity contribution in [1.82, 2.24) is 4.98 Å². The topological polar surface area (TPSA) is 36.7 Å². The zero-order chi connectivity index (χ0) is 11.4. The first-order valence-corrected chi connectivity index (χ1v) is 5.76. The lowest BCUT2D eigenvalue weighted by Gasteiger charge is -2.04. The average Bonchev–Trinajstić information content (AvgIpc) is 2.70. The number of hydrogen-bond donors (Lipinski definition) is 0. The van der Waals surface area contributed by atoms with Crippen molar-refractivity contribution in [2.75, 3.05) is 0 Å². The molecule has 0 spiro atoms. The summed E-state index contributed by atoms with van der Waals surface area (Å²) in [6.07, 6.45) is 2.83. The number of hydrogen-bond acceptors (Lipinski definition) is 2. The van der Waals surface area contributed by atoms with Gasteiger partial charge in [-0.15, -0.1) is 0 Å². The number of nitriles is 1. The van der Waals surface area contributed by atoms with Crippen LogP contribution in [0.25, 0.3) is 0 Å². The molecule has 0 saturated heterocycles. The fraction of sp³-hybridized carbons (Fsp3) is 0.455. The second kappa shape index (κ2) is 5.34. The summed E-state index contributed by atoms with van der Waals surface area (Å²) >= 11 is 11.7. The summed E-state index contributed by atoms with van der Waals surface area (Å²) in [5.41, 5.74) is 2.49. The van der Waals surface area contributed by atoms with E-state index in [-0.39, 0.29) is 5.15 Å². The highest BCUT2D eigenvalue weighted by molar-refractivity contribution is 6.33. The Morgan fingerprint density at radius 2 is 1.73 bits per heavy atom. The standard InChI is InChI=1S/C9H6Cl2N2.C2H6/c10-8-6-3-1-2-5(6)7(4-12)9(11)13-8;1-2/h1-3H2;1-2H3. The summed E-state index contributed by atoms with van der Waals surface area (Å²) in [6, 6.07) is 2.07. The van der Waals surface area contributed by atoms with Crippen molar-refractivity contribution in [2.45, 2.75) is 33.1 Å². The van der Waals surface area contributed by atoms with Crippen molar-refractivity contribution in [1.29, 1.82) is 5.26 Å². The molecule has 2 nitrogen and oxygen atoms in total. The van der Waals surface area contributed by atoms with Gasteiger partial charge in [0.1, 0.15) is 16.4 Å². The van der Waals surface area contributed by atoms with Crippen molar-refractivity contribution in [2.24, 2.45) is 0 Å². The molecule has 0 fully saturated rings. The fourth-order valence-electron chi connectivity index (χ4n) is 1.69. The van der Waals surface area contributed by atoms with Crippen LogP contribution in [0.3, 0.4) is 0 Å². The van der Waals surface area contributed by atoms with Crippen LogP contribution in [0.4, 0.5) is 0 Å². The first-order chi connectivity index (χ1) is 7.24. The van der Waals surface area contributed by atoms with E-state index >= 15 is 0 Å². The van der Waals surface area contributed by atoms with E-state index < -0.39 is 0 Å². The first-order valence-electron chi connectivity index (χ1n) is 5.01. The Hall–Kier alpha value is -0.780. The van der Waals surface area contributed by atoms with E-state index in [2.05, 4.69) is 11.1 Å². The summed E-state index contributed by atoms with van der Waals surface area (Å²) in [5.74, 6) is 0. The molecule has 1 aliphatic rings. The Balaban J connectivity index is 0.000000531. The van der Waals surface area contributed by atoms with E-state index in [9.17, 15) is 0 Å². The maximum Gasteiger partial charge on any atom is 0.148 e. The van der Waals surface area contributed by atoms with Crippen molar-refractivity contribution in [3.8, 4) is 6.07 Å². The van der Waals surface area contributed by atoms with Gasteiger partial charge < -0.3 is 0 Å². The van der Waals surface area contributed by atoms with Crippen molar-refractivity contribution in [3.63, 3.8) is 0 Å². The highest BCUT2D eigenvalue weighted by Crippen LogP contribution is 2.33. The van der Waals surface area contributed by atoms with Gasteiger partial charge in [0.05, 0.1) is 5.56 Å². The second-order valence-corrected chi connectivity index (χ2v) is 3.71. The van der Waals surface area contributed by atoms with E-state index in [4.69, 9.17) is 28.5 Å². The highest BCUT2D eigenvalue weighted by atomic mass is 35.5. The molecular weight excluding hydrogens is 231 g/mol. The molecule has 0 aliphatic heterocycles. The molecule has 4 heteroatoms. The third-order valence-electron chi connectivity index (χ3n) is 2.28. The van der Waals surface area contributed by atoms with Crippen LogP contribution in [0, 0.1) is 11.3 Å². The van der Waals surface area contributed by atoms with E-state index in [1.807, 2.05) is 13.8 Å². The Labute approximate surface area is 99.8 Å². The van der Waals surface area contributed by atoms with Gasteiger partial charge in [-0.1, -0.05) is 37.0 Å². The predicted molar refractivity (Wildman–Crippen MR) is 62.3 cm³/mol. The van der Waals surface area contributed by atoms with Crippen molar-refractivity contribution >= 4 is 23.2 Å². The molecule has 0 unspecified atom stereocenters. The molecule has 0 aromatic carbocycles. The van der Waals surface area contributed by atoms with Crippen LogP contribution in [0.15, 0.2) is 0 Å². The molecule has 0 radical (unpaired) electrons. The van der Waals surface area contributed by atoms with Crippen LogP contribution in [-0.4, -0.2) is 4.98 Å². The summed E-state index contributed by atoms with van der Waals surface area (Å²) in [6.45, 7) is 4.00. The lowest BCUT2D eigenvalue weighted by molar-refractivity contribution is 0.910. The molecule has 0 amide bonds. The van der Waals surface area contributed by atoms with Gasteiger partial charge in [0.2, 0.25) is 0 Å². The van der Waals surface area contributed by atoms with Crippen molar-refractivity contribution < 1.29 is 0 Å². The number of pyridine rings is 1. The minimum Gasteiger partial charge on any atom is -0.223 e. The van der Waals surface area contributed by atoms with Crippen LogP contribution in [0.2, 0.25) is 10.3 Å². The molecule has 0 N–H and O–H groups in total. The Kier molecular flexibility index (Phi) is 4.38. The third kappa shape index (κ3) is 2.25. The van der Waals surface area contributed by atoms with Gasteiger partial charge in [0.15, 0.2) is 0 Å². The Morgan fingerprint density at radius 3 is 2.33 bits per heavy atom. The maximum absolute atomic E-state index is 8.86. The molecule has 2 rings (SSSR count). The van der Waals surface area contributed by atoms with Gasteiger partial charge in [-0.2, -0.15) is 5.26 Å². The van der Waals surface area contributed by atoms with E-state index in [0.29, 0.717) is 10.7 Å². The van der Waals surface area contributed by atoms with Crippen molar-refractivity contribution in [3.05, 3.63) is 27.0 Å². The number of rotatable bonds is 0. The highest BCUT2D eigenvalue weighted by Gasteiger charge is 2.21. The zero-order valence-electron chi connectivity index (χ0n) is 8.77. The maximum atomic E-state index is 8.86. The SMILES string of the molecule is CC.N#Cc1c(Cl)nc(Cl)c2c1CCC2. The number of nitrogens with zero attached hydrogens (tertiary/aromatic N) is 2. The molecule has 80 valence electrons. The summed E-state index contributed by atoms with van der Waals surface area (Å²) < 4.78 is 0. The molecule has 1 aromatic rings. The minimum atomic E-state index is 0.230. The number of halogens is 2. The smallest absolute Gasteiger partial charge is 0.148 e. The molecule has 1 aliphatic carbocycles. The largest absolute Gasteiger partial charge is 0.223 e. The lowest BCUT2D eigenvalue weighted by Crippen LogP contribution is -1.94. The molecule has 1 heterocycles. The molecule has 0 saturated carbocycles. The molecular formula is C11H12Cl2N2. The number of aromatic nitrogens is 1. The van der Waals surface area contributed by atoms with E-state index in [0.717, 1.165) is 30.4 Å². The summed E-state index contributed by atoms with van der Waals surface area (Å²) in [7, 11) is 0. The van der Waals surface area contributed by atoms with Crippen LogP contribution in [-0.2, 0) is 12.8 Å². The molecule has 15 heavy (non-hydrogen) atoms. The second-order valence-electron chi connectivity index (χ2n) is 2.99. The van der Waals surface area contributed by atoms with E-state index in [1.54, 1.807) is 0 Å². The zero-order valence-corrected chi connectivity index (χ0v) is 10.3. The van der Waals surface area contributed by atoms with Gasteiger partial charge in [0, 0.05) is 0 Å². The Bertz CT molecular complexity index is 408. The van der Waals surface area contributed by atoms with E-state index in [1.165, 1.54) is 0 Å². The van der Waals surface area contributed by atoms with Crippen LogP contribution in [0.1, 0.15) is 37.0 Å². The molecule has 0 atom stereocenters. The Morgan fingerprint density at radius 1 is 1.13 bits per heavy atom. The molecule has 1 aromatic heterocycles. The summed E-state index contributed by atoms with van der Waals surface area (Å²) in [5, 5.41) is 9.54. The number of fused-ring (bicyclic) bond motifs is 1. The van der Waals surface area contributed by atoms with Crippen LogP contribution < -0.4 is 0 Å². The lowest BCUT2D eigenvalue weighted by atomic mass is 10.1. The van der Waals surface area contributed by atoms with Crippen LogP contribution in [0.5, 0.6) is 0 Å². The quantitative estimate of drug-likeness (QED) is 0.650. The van der Waals surface area contributed by atoms with Gasteiger partial charge in [-0.25, -0.2) is 4.98 Å². The predicted octanol–water partition coefficient (Wildman–Crippen LogP) is 3.77. The van der Waals surface area contributed by atoms with Gasteiger partial charge in [-0.05, 0) is 30.4 Å². The van der Waals surface area contributed by atoms with Gasteiger partial charge in [-0.3, -0.25) is 0 Å². The normalized spacial score (nSPS) is 12.5. The van der Waals surface area contributed by atoms with Crippen LogP contribution >= 0.6 is 23.2 Å². The van der Waals surface area contributed by atoms with Gasteiger partial charge in [0.25, 0.3) is 0 Å². The monoisotopic (exact) mass is 242 g/mol. The third-order valence-corrected chi connectivity index (χ3v) is 2.87. The fourth-order valence-corrected chi connectivity index (χ4v) is 2.27. The molecule has 0 bridgehead atoms. The average molecular weight is 243 g/mol. The first kappa shape index (κ1) is 12.3. The summed E-state index contributed by atoms with van der Waals surface area (Å²) in [4.78, 5) is 3.92. The van der Waals surface area contributed by atoms with Gasteiger partial charge >= 0.3 is 0 Å². The minimum absolute atomic E-state index is 0.230.